The second-order valence-electron chi connectivity index (χ2n) is 5.38. The standard InChI is InChI=1S/C15H19ClN2O3/c1-10-2-5-13(12(16)8-10)17-14(19)9-18(11-3-4-11)7-6-15(20)21/h2,5,8,11H,3-4,6-7,9H2,1H3,(H,17,19)(H,20,21). The zero-order chi connectivity index (χ0) is 15.4. The first kappa shape index (κ1) is 15.8. The van der Waals surface area contributed by atoms with Crippen molar-refractivity contribution in [3.63, 3.8) is 0 Å². The predicted octanol–water partition coefficient (Wildman–Crippen LogP) is 2.53. The van der Waals surface area contributed by atoms with Crippen LogP contribution in [-0.2, 0) is 9.59 Å². The number of amides is 1. The van der Waals surface area contributed by atoms with Gasteiger partial charge in [-0.1, -0.05) is 17.7 Å². The lowest BCUT2D eigenvalue weighted by molar-refractivity contribution is -0.137. The van der Waals surface area contributed by atoms with Gasteiger partial charge in [-0.2, -0.15) is 0 Å². The second kappa shape index (κ2) is 6.91. The largest absolute Gasteiger partial charge is 0.481 e. The summed E-state index contributed by atoms with van der Waals surface area (Å²) in [7, 11) is 0. The van der Waals surface area contributed by atoms with Crippen LogP contribution in [0.5, 0.6) is 0 Å². The summed E-state index contributed by atoms with van der Waals surface area (Å²) in [6.45, 7) is 2.52. The van der Waals surface area contributed by atoms with Gasteiger partial charge in [-0.3, -0.25) is 14.5 Å². The molecule has 0 aliphatic heterocycles. The van der Waals surface area contributed by atoms with Gasteiger partial charge in [0.05, 0.1) is 23.7 Å². The molecule has 0 atom stereocenters. The molecule has 1 aliphatic carbocycles. The molecule has 6 heteroatoms. The maximum atomic E-state index is 12.1. The fourth-order valence-corrected chi connectivity index (χ4v) is 2.45. The summed E-state index contributed by atoms with van der Waals surface area (Å²) in [5, 5.41) is 12.0. The third kappa shape index (κ3) is 5.02. The fraction of sp³-hybridized carbons (Fsp3) is 0.467. The van der Waals surface area contributed by atoms with Crippen LogP contribution in [-0.4, -0.2) is 41.0 Å². The summed E-state index contributed by atoms with van der Waals surface area (Å²) in [6.07, 6.45) is 2.10. The van der Waals surface area contributed by atoms with E-state index < -0.39 is 5.97 Å². The lowest BCUT2D eigenvalue weighted by Gasteiger charge is -2.20. The summed E-state index contributed by atoms with van der Waals surface area (Å²) in [4.78, 5) is 24.7. The fourth-order valence-electron chi connectivity index (χ4n) is 2.17. The van der Waals surface area contributed by atoms with Crippen molar-refractivity contribution in [1.29, 1.82) is 0 Å². The Morgan fingerprint density at radius 3 is 2.71 bits per heavy atom. The molecule has 1 aliphatic rings. The number of nitrogens with zero attached hydrogens (tertiary/aromatic N) is 1. The number of benzene rings is 1. The molecule has 5 nitrogen and oxygen atoms in total. The van der Waals surface area contributed by atoms with Gasteiger partial charge in [-0.15, -0.1) is 0 Å². The van der Waals surface area contributed by atoms with Crippen molar-refractivity contribution >= 4 is 29.2 Å². The van der Waals surface area contributed by atoms with E-state index in [1.807, 2.05) is 17.9 Å². The van der Waals surface area contributed by atoms with Gasteiger partial charge in [0.25, 0.3) is 0 Å². The van der Waals surface area contributed by atoms with E-state index in [-0.39, 0.29) is 18.9 Å². The lowest BCUT2D eigenvalue weighted by Crippen LogP contribution is -2.36. The number of hydrogen-bond acceptors (Lipinski definition) is 3. The maximum absolute atomic E-state index is 12.1. The molecule has 1 aromatic carbocycles. The van der Waals surface area contributed by atoms with E-state index in [1.54, 1.807) is 12.1 Å². The molecule has 1 amide bonds. The maximum Gasteiger partial charge on any atom is 0.304 e. The van der Waals surface area contributed by atoms with Crippen LogP contribution in [0.15, 0.2) is 18.2 Å². The number of hydrogen-bond donors (Lipinski definition) is 2. The molecule has 2 rings (SSSR count). The minimum Gasteiger partial charge on any atom is -0.481 e. The molecule has 0 aromatic heterocycles. The number of carbonyl (C=O) groups excluding carboxylic acids is 1. The predicted molar refractivity (Wildman–Crippen MR) is 81.7 cm³/mol. The van der Waals surface area contributed by atoms with Gasteiger partial charge in [0.15, 0.2) is 0 Å². The number of halogens is 1. The number of nitrogens with one attached hydrogen (secondary N) is 1. The van der Waals surface area contributed by atoms with Crippen molar-refractivity contribution in [2.24, 2.45) is 0 Å². The van der Waals surface area contributed by atoms with Crippen LogP contribution >= 0.6 is 11.6 Å². The van der Waals surface area contributed by atoms with Gasteiger partial charge >= 0.3 is 5.97 Å². The van der Waals surface area contributed by atoms with Gasteiger partial charge in [0, 0.05) is 12.6 Å². The molecule has 0 spiro atoms. The van der Waals surface area contributed by atoms with Crippen LogP contribution in [0.25, 0.3) is 0 Å². The highest BCUT2D eigenvalue weighted by Gasteiger charge is 2.30. The SMILES string of the molecule is Cc1ccc(NC(=O)CN(CCC(=O)O)C2CC2)c(Cl)c1. The van der Waals surface area contributed by atoms with Gasteiger partial charge < -0.3 is 10.4 Å². The van der Waals surface area contributed by atoms with Crippen LogP contribution in [0.1, 0.15) is 24.8 Å². The zero-order valence-corrected chi connectivity index (χ0v) is 12.7. The highest BCUT2D eigenvalue weighted by molar-refractivity contribution is 6.33. The smallest absolute Gasteiger partial charge is 0.304 e. The van der Waals surface area contributed by atoms with E-state index in [2.05, 4.69) is 5.32 Å². The summed E-state index contributed by atoms with van der Waals surface area (Å²) < 4.78 is 0. The lowest BCUT2D eigenvalue weighted by atomic mass is 10.2. The quantitative estimate of drug-likeness (QED) is 0.812. The van der Waals surface area contributed by atoms with Gasteiger partial charge in [-0.25, -0.2) is 0 Å². The number of aliphatic carboxylic acids is 1. The molecule has 114 valence electrons. The van der Waals surface area contributed by atoms with Crippen LogP contribution < -0.4 is 5.32 Å². The number of carbonyl (C=O) groups is 2. The van der Waals surface area contributed by atoms with E-state index in [0.29, 0.717) is 23.3 Å². The van der Waals surface area contributed by atoms with Crippen molar-refractivity contribution in [1.82, 2.24) is 4.90 Å². The van der Waals surface area contributed by atoms with Crippen molar-refractivity contribution in [3.05, 3.63) is 28.8 Å². The Labute approximate surface area is 128 Å². The molecular formula is C15H19ClN2O3. The third-order valence-electron chi connectivity index (χ3n) is 3.42. The van der Waals surface area contributed by atoms with Crippen molar-refractivity contribution in [3.8, 4) is 0 Å². The number of anilines is 1. The van der Waals surface area contributed by atoms with Crippen LogP contribution in [0.3, 0.4) is 0 Å². The Balaban J connectivity index is 1.91. The number of carboxylic acids is 1. The Bertz CT molecular complexity index is 544. The Kier molecular flexibility index (Phi) is 5.20. The molecule has 2 N–H and O–H groups in total. The molecule has 1 aromatic rings. The van der Waals surface area contributed by atoms with Gasteiger partial charge in [0.1, 0.15) is 0 Å². The van der Waals surface area contributed by atoms with E-state index in [1.165, 1.54) is 0 Å². The number of rotatable bonds is 7. The highest BCUT2D eigenvalue weighted by Crippen LogP contribution is 2.27. The van der Waals surface area contributed by atoms with Crippen LogP contribution in [0.4, 0.5) is 5.69 Å². The Hall–Kier alpha value is -1.59. The zero-order valence-electron chi connectivity index (χ0n) is 11.9. The monoisotopic (exact) mass is 310 g/mol. The molecule has 21 heavy (non-hydrogen) atoms. The van der Waals surface area contributed by atoms with Crippen molar-refractivity contribution < 1.29 is 14.7 Å². The molecule has 1 saturated carbocycles. The summed E-state index contributed by atoms with van der Waals surface area (Å²) in [5.74, 6) is -1.01. The summed E-state index contributed by atoms with van der Waals surface area (Å²) in [6, 6.07) is 5.78. The molecule has 0 radical (unpaired) electrons. The first-order chi connectivity index (χ1) is 9.95. The van der Waals surface area contributed by atoms with E-state index in [4.69, 9.17) is 16.7 Å². The average Bonchev–Trinajstić information content (AvgIpc) is 3.22. The molecule has 0 unspecified atom stereocenters. The Morgan fingerprint density at radius 2 is 2.14 bits per heavy atom. The Morgan fingerprint density at radius 1 is 1.43 bits per heavy atom. The minimum absolute atomic E-state index is 0.0507. The first-order valence-corrected chi connectivity index (χ1v) is 7.35. The van der Waals surface area contributed by atoms with Crippen LogP contribution in [0, 0.1) is 6.92 Å². The third-order valence-corrected chi connectivity index (χ3v) is 3.73. The van der Waals surface area contributed by atoms with Crippen molar-refractivity contribution in [2.75, 3.05) is 18.4 Å². The molecular weight excluding hydrogens is 292 g/mol. The number of carboxylic acid groups (broad SMARTS) is 1. The molecule has 0 heterocycles. The first-order valence-electron chi connectivity index (χ1n) is 6.97. The van der Waals surface area contributed by atoms with Gasteiger partial charge in [0.2, 0.25) is 5.91 Å². The molecule has 1 fully saturated rings. The molecule has 0 bridgehead atoms. The molecule has 0 saturated heterocycles. The van der Waals surface area contributed by atoms with Crippen LogP contribution in [0.2, 0.25) is 5.02 Å². The van der Waals surface area contributed by atoms with E-state index >= 15 is 0 Å². The average molecular weight is 311 g/mol. The topological polar surface area (TPSA) is 69.6 Å². The summed E-state index contributed by atoms with van der Waals surface area (Å²) in [5.41, 5.74) is 1.61. The van der Waals surface area contributed by atoms with Crippen molar-refractivity contribution in [2.45, 2.75) is 32.2 Å². The van der Waals surface area contributed by atoms with E-state index in [9.17, 15) is 9.59 Å². The normalized spacial score (nSPS) is 14.2. The van der Waals surface area contributed by atoms with Gasteiger partial charge in [-0.05, 0) is 37.5 Å². The highest BCUT2D eigenvalue weighted by atomic mass is 35.5. The number of aryl methyl sites for hydroxylation is 1. The minimum atomic E-state index is -0.845. The summed E-state index contributed by atoms with van der Waals surface area (Å²) >= 11 is 6.08. The van der Waals surface area contributed by atoms with E-state index in [0.717, 1.165) is 18.4 Å². The second-order valence-corrected chi connectivity index (χ2v) is 5.78.